The summed E-state index contributed by atoms with van der Waals surface area (Å²) in [6.45, 7) is 0. The zero-order chi connectivity index (χ0) is 22.1. The Morgan fingerprint density at radius 3 is 2.62 bits per heavy atom. The highest BCUT2D eigenvalue weighted by Gasteiger charge is 2.42. The van der Waals surface area contributed by atoms with E-state index in [1.807, 2.05) is 78.9 Å². The minimum absolute atomic E-state index is 0.168. The van der Waals surface area contributed by atoms with Crippen molar-refractivity contribution in [2.24, 2.45) is 0 Å². The van der Waals surface area contributed by atoms with E-state index in [2.05, 4.69) is 31.1 Å². The summed E-state index contributed by atoms with van der Waals surface area (Å²) in [7, 11) is 1.66. The Bertz CT molecular complexity index is 1240. The van der Waals surface area contributed by atoms with Crippen LogP contribution in [0, 0.1) is 0 Å². The molecule has 4 aromatic rings. The van der Waals surface area contributed by atoms with Crippen molar-refractivity contribution >= 4 is 38.9 Å². The third-order valence-electron chi connectivity index (χ3n) is 5.48. The number of nitrogens with zero attached hydrogens (tertiary/aromatic N) is 2. The normalized spacial score (nSPS) is 17.9. The van der Waals surface area contributed by atoms with Gasteiger partial charge in [0.1, 0.15) is 23.3 Å². The maximum Gasteiger partial charge on any atom is 0.174 e. The molecule has 160 valence electrons. The summed E-state index contributed by atoms with van der Waals surface area (Å²) in [5, 5.41) is 4.06. The topological polar surface area (TPSA) is 50.5 Å². The molecule has 2 aromatic heterocycles. The van der Waals surface area contributed by atoms with Crippen LogP contribution in [0.3, 0.4) is 0 Å². The third-order valence-corrected chi connectivity index (χ3v) is 6.32. The molecule has 2 atom stereocenters. The van der Waals surface area contributed by atoms with Crippen LogP contribution in [-0.2, 0) is 0 Å². The van der Waals surface area contributed by atoms with E-state index in [-0.39, 0.29) is 12.1 Å². The fraction of sp³-hybridized carbons (Fsp3) is 0.120. The molecule has 1 aliphatic heterocycles. The fourth-order valence-electron chi connectivity index (χ4n) is 3.96. The second-order valence-electron chi connectivity index (χ2n) is 7.41. The van der Waals surface area contributed by atoms with Crippen molar-refractivity contribution in [1.82, 2.24) is 10.3 Å². The molecule has 0 saturated carbocycles. The monoisotopic (exact) mass is 505 g/mol. The number of thiocarbonyl (C=S) groups is 1. The van der Waals surface area contributed by atoms with Crippen LogP contribution < -0.4 is 15.0 Å². The summed E-state index contributed by atoms with van der Waals surface area (Å²) in [5.74, 6) is 2.37. The van der Waals surface area contributed by atoms with E-state index < -0.39 is 0 Å². The van der Waals surface area contributed by atoms with E-state index in [0.29, 0.717) is 5.11 Å². The number of halogens is 1. The Hall–Kier alpha value is -3.16. The van der Waals surface area contributed by atoms with Crippen LogP contribution >= 0.6 is 28.1 Å². The number of furan rings is 1. The maximum atomic E-state index is 6.39. The van der Waals surface area contributed by atoms with E-state index >= 15 is 0 Å². The van der Waals surface area contributed by atoms with Crippen LogP contribution in [0.2, 0.25) is 0 Å². The molecule has 0 radical (unpaired) electrons. The van der Waals surface area contributed by atoms with Crippen LogP contribution in [0.5, 0.6) is 5.75 Å². The molecule has 5 nitrogen and oxygen atoms in total. The fourth-order valence-corrected chi connectivity index (χ4v) is 4.57. The molecule has 1 N–H and O–H groups in total. The zero-order valence-electron chi connectivity index (χ0n) is 17.2. The zero-order valence-corrected chi connectivity index (χ0v) is 19.6. The summed E-state index contributed by atoms with van der Waals surface area (Å²) in [6, 6.07) is 25.4. The molecule has 5 rings (SSSR count). The van der Waals surface area contributed by atoms with Gasteiger partial charge in [-0.25, -0.2) is 0 Å². The third kappa shape index (κ3) is 3.89. The van der Waals surface area contributed by atoms with Gasteiger partial charge in [0.2, 0.25) is 0 Å². The summed E-state index contributed by atoms with van der Waals surface area (Å²) in [5.41, 5.74) is 2.83. The van der Waals surface area contributed by atoms with Crippen molar-refractivity contribution in [3.63, 3.8) is 0 Å². The number of methoxy groups -OCH3 is 1. The summed E-state index contributed by atoms with van der Waals surface area (Å²) in [4.78, 5) is 6.66. The molecule has 1 aliphatic rings. The predicted molar refractivity (Wildman–Crippen MR) is 133 cm³/mol. The highest BCUT2D eigenvalue weighted by atomic mass is 79.9. The molecule has 3 heterocycles. The van der Waals surface area contributed by atoms with Crippen molar-refractivity contribution in [3.8, 4) is 17.1 Å². The Morgan fingerprint density at radius 1 is 1.03 bits per heavy atom. The molecule has 0 aliphatic carbocycles. The average Bonchev–Trinajstić information content (AvgIpc) is 3.45. The number of hydrogen-bond donors (Lipinski definition) is 1. The first kappa shape index (κ1) is 20.7. The van der Waals surface area contributed by atoms with Crippen LogP contribution in [0.15, 0.2) is 93.9 Å². The lowest BCUT2D eigenvalue weighted by Crippen LogP contribution is -2.29. The lowest BCUT2D eigenvalue weighted by atomic mass is 10.0. The molecular weight excluding hydrogens is 486 g/mol. The molecule has 2 aromatic carbocycles. The van der Waals surface area contributed by atoms with Gasteiger partial charge in [0, 0.05) is 28.0 Å². The Labute approximate surface area is 200 Å². The smallest absolute Gasteiger partial charge is 0.174 e. The number of rotatable bonds is 5. The second kappa shape index (κ2) is 8.76. The van der Waals surface area contributed by atoms with Gasteiger partial charge in [-0.2, -0.15) is 0 Å². The number of anilines is 1. The van der Waals surface area contributed by atoms with E-state index in [9.17, 15) is 0 Å². The molecule has 7 heteroatoms. The second-order valence-corrected chi connectivity index (χ2v) is 8.71. The Morgan fingerprint density at radius 2 is 1.88 bits per heavy atom. The number of benzene rings is 2. The van der Waals surface area contributed by atoms with Gasteiger partial charge in [-0.05, 0) is 60.7 Å². The highest BCUT2D eigenvalue weighted by Crippen LogP contribution is 2.43. The van der Waals surface area contributed by atoms with Gasteiger partial charge >= 0.3 is 0 Å². The maximum absolute atomic E-state index is 6.39. The van der Waals surface area contributed by atoms with Gasteiger partial charge in [-0.1, -0.05) is 40.2 Å². The number of pyridine rings is 1. The Balaban J connectivity index is 1.59. The van der Waals surface area contributed by atoms with Crippen molar-refractivity contribution in [2.75, 3.05) is 12.0 Å². The first-order valence-corrected chi connectivity index (χ1v) is 11.3. The highest BCUT2D eigenvalue weighted by molar-refractivity contribution is 9.10. The van der Waals surface area contributed by atoms with Crippen molar-refractivity contribution in [3.05, 3.63) is 101 Å². The predicted octanol–water partition coefficient (Wildman–Crippen LogP) is 6.29. The standard InChI is InChI=1S/C25H20BrN3O2S/c1-30-19-6-4-5-18(15-19)29-24(23(28-25(29)32)20-7-2-3-14-27-20)22-13-12-21(31-22)16-8-10-17(26)11-9-16/h2-15,23-24H,1H3,(H,28,32)/t23-,24-/m1/s1. The molecule has 1 fully saturated rings. The SMILES string of the molecule is COc1cccc(N2C(=S)N[C@H](c3ccccn3)[C@H]2c2ccc(-c3ccc(Br)cc3)o2)c1. The number of aromatic nitrogens is 1. The molecule has 32 heavy (non-hydrogen) atoms. The van der Waals surface area contributed by atoms with Gasteiger partial charge in [0.15, 0.2) is 5.11 Å². The lowest BCUT2D eigenvalue weighted by Gasteiger charge is -2.26. The van der Waals surface area contributed by atoms with Crippen LogP contribution in [-0.4, -0.2) is 17.2 Å². The minimum Gasteiger partial charge on any atom is -0.497 e. The van der Waals surface area contributed by atoms with E-state index in [1.54, 1.807) is 13.3 Å². The van der Waals surface area contributed by atoms with Gasteiger partial charge in [0.05, 0.1) is 18.8 Å². The summed E-state index contributed by atoms with van der Waals surface area (Å²) < 4.78 is 12.9. The van der Waals surface area contributed by atoms with Crippen LogP contribution in [0.4, 0.5) is 5.69 Å². The number of hydrogen-bond acceptors (Lipinski definition) is 4. The van der Waals surface area contributed by atoms with Crippen molar-refractivity contribution < 1.29 is 9.15 Å². The quantitative estimate of drug-likeness (QED) is 0.321. The number of ether oxygens (including phenoxy) is 1. The lowest BCUT2D eigenvalue weighted by molar-refractivity contribution is 0.414. The van der Waals surface area contributed by atoms with E-state index in [1.165, 1.54) is 0 Å². The Kier molecular flexibility index (Phi) is 5.68. The molecule has 1 saturated heterocycles. The molecule has 0 unspecified atom stereocenters. The van der Waals surface area contributed by atoms with Crippen LogP contribution in [0.1, 0.15) is 23.5 Å². The average molecular weight is 506 g/mol. The van der Waals surface area contributed by atoms with E-state index in [4.69, 9.17) is 21.4 Å². The number of nitrogens with one attached hydrogen (secondary N) is 1. The molecule has 0 amide bonds. The largest absolute Gasteiger partial charge is 0.497 e. The van der Waals surface area contributed by atoms with Gasteiger partial charge in [0.25, 0.3) is 0 Å². The van der Waals surface area contributed by atoms with Gasteiger partial charge in [-0.3, -0.25) is 4.98 Å². The van der Waals surface area contributed by atoms with Gasteiger partial charge in [-0.15, -0.1) is 0 Å². The molecule has 0 spiro atoms. The van der Waals surface area contributed by atoms with Crippen molar-refractivity contribution in [2.45, 2.75) is 12.1 Å². The van der Waals surface area contributed by atoms with E-state index in [0.717, 1.165) is 38.7 Å². The first-order chi connectivity index (χ1) is 15.6. The minimum atomic E-state index is -0.214. The summed E-state index contributed by atoms with van der Waals surface area (Å²) >= 11 is 9.26. The van der Waals surface area contributed by atoms with Crippen molar-refractivity contribution in [1.29, 1.82) is 0 Å². The van der Waals surface area contributed by atoms with Crippen LogP contribution in [0.25, 0.3) is 11.3 Å². The first-order valence-electron chi connectivity index (χ1n) is 10.1. The summed E-state index contributed by atoms with van der Waals surface area (Å²) in [6.07, 6.45) is 1.79. The molecular formula is C25H20BrN3O2S. The van der Waals surface area contributed by atoms with Gasteiger partial charge < -0.3 is 19.4 Å². The molecule has 0 bridgehead atoms.